The molecular weight excluding hydrogens is 610 g/mol. The molecule has 1 aliphatic carbocycles. The molecule has 0 radical (unpaired) electrons. The van der Waals surface area contributed by atoms with Gasteiger partial charge < -0.3 is 26.6 Å². The van der Waals surface area contributed by atoms with E-state index < -0.39 is 74.4 Å². The molecule has 0 saturated heterocycles. The molecule has 1 fully saturated rings. The zero-order chi connectivity index (χ0) is 35.0. The normalized spacial score (nSPS) is 16.6. The Morgan fingerprint density at radius 3 is 1.98 bits per heavy atom. The number of ketones is 1. The Labute approximate surface area is 273 Å². The fourth-order valence-corrected chi connectivity index (χ4v) is 7.02. The fraction of sp³-hybridized carbons (Fsp3) is 0.667. The minimum absolute atomic E-state index is 0.143. The number of hydrogen-bond donors (Lipinski definition) is 4. The molecule has 1 aromatic rings. The van der Waals surface area contributed by atoms with Crippen LogP contribution < -0.4 is 21.7 Å². The number of carbonyl (C=O) groups excluding carboxylic acids is 5. The van der Waals surface area contributed by atoms with E-state index >= 15 is 0 Å². The fourth-order valence-electron chi connectivity index (χ4n) is 5.23. The number of nitrogens with one attached hydrogen (secondary N) is 3. The van der Waals surface area contributed by atoms with Gasteiger partial charge in [-0.1, -0.05) is 85.9 Å². The Hall–Kier alpha value is -3.48. The predicted octanol–water partition coefficient (Wildman–Crippen LogP) is 2.95. The molecule has 12 nitrogen and oxygen atoms in total. The summed E-state index contributed by atoms with van der Waals surface area (Å²) in [4.78, 5) is 66.7. The van der Waals surface area contributed by atoms with Gasteiger partial charge in [0.05, 0.1) is 16.7 Å². The van der Waals surface area contributed by atoms with E-state index in [1.54, 1.807) is 39.0 Å². The number of carbonyl (C=O) groups is 5. The summed E-state index contributed by atoms with van der Waals surface area (Å²) < 4.78 is 26.4. The first-order chi connectivity index (χ1) is 21.2. The number of benzene rings is 1. The quantitative estimate of drug-likeness (QED) is 0.208. The van der Waals surface area contributed by atoms with Crippen molar-refractivity contribution in [3.63, 3.8) is 0 Å². The molecule has 2 unspecified atom stereocenters. The average molecular weight is 664 g/mol. The van der Waals surface area contributed by atoms with Gasteiger partial charge in [-0.15, -0.1) is 0 Å². The largest absolute Gasteiger partial charge is 0.363 e. The minimum atomic E-state index is -3.75. The summed E-state index contributed by atoms with van der Waals surface area (Å²) in [5.74, 6) is -3.30. The molecule has 5 N–H and O–H groups in total. The molecule has 1 aliphatic rings. The van der Waals surface area contributed by atoms with E-state index in [9.17, 15) is 32.4 Å². The van der Waals surface area contributed by atoms with E-state index in [4.69, 9.17) is 5.73 Å². The van der Waals surface area contributed by atoms with Crippen molar-refractivity contribution in [2.75, 3.05) is 12.3 Å². The van der Waals surface area contributed by atoms with Crippen LogP contribution in [0.1, 0.15) is 87.5 Å². The van der Waals surface area contributed by atoms with Crippen LogP contribution in [0.15, 0.2) is 35.2 Å². The molecule has 5 amide bonds. The molecule has 13 heteroatoms. The summed E-state index contributed by atoms with van der Waals surface area (Å²) in [5, 5.41) is 8.18. The van der Waals surface area contributed by atoms with Gasteiger partial charge >= 0.3 is 6.03 Å². The lowest BCUT2D eigenvalue weighted by atomic mass is 9.80. The lowest BCUT2D eigenvalue weighted by Gasteiger charge is -2.38. The third-order valence-electron chi connectivity index (χ3n) is 8.49. The Kier molecular flexibility index (Phi) is 13.4. The lowest BCUT2D eigenvalue weighted by Crippen LogP contribution is -2.62. The van der Waals surface area contributed by atoms with Crippen LogP contribution in [-0.4, -0.2) is 79.3 Å². The van der Waals surface area contributed by atoms with Gasteiger partial charge in [0.15, 0.2) is 9.84 Å². The lowest BCUT2D eigenvalue weighted by molar-refractivity contribution is -0.144. The van der Waals surface area contributed by atoms with E-state index in [-0.39, 0.29) is 23.1 Å². The van der Waals surface area contributed by atoms with Crippen molar-refractivity contribution in [2.24, 2.45) is 22.5 Å². The zero-order valence-corrected chi connectivity index (χ0v) is 29.3. The molecular formula is C33H53N5O7S. The number of hydrogen-bond acceptors (Lipinski definition) is 7. The summed E-state index contributed by atoms with van der Waals surface area (Å²) in [6, 6.07) is 3.24. The zero-order valence-electron chi connectivity index (χ0n) is 28.5. The highest BCUT2D eigenvalue weighted by atomic mass is 32.2. The number of sulfone groups is 1. The third kappa shape index (κ3) is 10.8. The first kappa shape index (κ1) is 38.7. The summed E-state index contributed by atoms with van der Waals surface area (Å²) in [6.07, 6.45) is 3.59. The van der Waals surface area contributed by atoms with Crippen LogP contribution in [0.4, 0.5) is 4.79 Å². The highest BCUT2D eigenvalue weighted by Gasteiger charge is 2.40. The Bertz CT molecular complexity index is 1350. The molecule has 4 atom stereocenters. The highest BCUT2D eigenvalue weighted by Crippen LogP contribution is 2.31. The van der Waals surface area contributed by atoms with Crippen molar-refractivity contribution in [1.29, 1.82) is 0 Å². The number of urea groups is 1. The van der Waals surface area contributed by atoms with Gasteiger partial charge in [-0.05, 0) is 48.6 Å². The van der Waals surface area contributed by atoms with Gasteiger partial charge in [0.1, 0.15) is 12.1 Å². The third-order valence-corrected chi connectivity index (χ3v) is 10.3. The van der Waals surface area contributed by atoms with Gasteiger partial charge in [0, 0.05) is 12.6 Å². The van der Waals surface area contributed by atoms with Crippen molar-refractivity contribution in [2.45, 2.75) is 117 Å². The number of Topliss-reactive ketones (excluding diaryl/α,β-unsaturated/α-hetero) is 1. The molecule has 0 bridgehead atoms. The maximum absolute atomic E-state index is 14.1. The number of primary amides is 1. The second-order valence-electron chi connectivity index (χ2n) is 14.5. The molecule has 0 aliphatic heterocycles. The number of nitrogens with zero attached hydrogens (tertiary/aromatic N) is 1. The standard InChI is InChI=1S/C33H53N5O7S/c1-9-18-38(21(2)29(41)35-24(26(39)28(34)40)19-22-14-13-15-22)30(42)27(33(6,7)8)37-31(43)36-25(32(3,4)5)20-46(44,45)23-16-11-10-12-17-23/h10-12,16-17,21-22,24-25,27H,9,13-15,18-20H2,1-8H3,(H2,34,40)(H,35,41)(H2,36,37,43)/t21-,24?,25?,27+/m0/s1. The van der Waals surface area contributed by atoms with Crippen LogP contribution in [-0.2, 0) is 29.0 Å². The topological polar surface area (TPSA) is 185 Å². The highest BCUT2D eigenvalue weighted by molar-refractivity contribution is 7.91. The predicted molar refractivity (Wildman–Crippen MR) is 176 cm³/mol. The Balaban J connectivity index is 2.27. The van der Waals surface area contributed by atoms with Crippen LogP contribution in [0.2, 0.25) is 0 Å². The van der Waals surface area contributed by atoms with Crippen LogP contribution in [0.25, 0.3) is 0 Å². The number of rotatable bonds is 15. The van der Waals surface area contributed by atoms with E-state index in [0.717, 1.165) is 19.3 Å². The maximum Gasteiger partial charge on any atom is 0.315 e. The molecule has 258 valence electrons. The van der Waals surface area contributed by atoms with Gasteiger partial charge in [0.2, 0.25) is 17.6 Å². The smallest absolute Gasteiger partial charge is 0.315 e. The van der Waals surface area contributed by atoms with Gasteiger partial charge in [-0.25, -0.2) is 13.2 Å². The van der Waals surface area contributed by atoms with Crippen molar-refractivity contribution in [3.05, 3.63) is 30.3 Å². The molecule has 0 aromatic heterocycles. The van der Waals surface area contributed by atoms with Crippen molar-refractivity contribution in [3.8, 4) is 0 Å². The second-order valence-corrected chi connectivity index (χ2v) is 16.5. The van der Waals surface area contributed by atoms with Crippen LogP contribution in [0.3, 0.4) is 0 Å². The summed E-state index contributed by atoms with van der Waals surface area (Å²) >= 11 is 0. The minimum Gasteiger partial charge on any atom is -0.363 e. The van der Waals surface area contributed by atoms with E-state index in [2.05, 4.69) is 16.0 Å². The van der Waals surface area contributed by atoms with E-state index in [1.165, 1.54) is 24.0 Å². The number of nitrogens with two attached hydrogens (primary N) is 1. The van der Waals surface area contributed by atoms with Crippen molar-refractivity contribution >= 4 is 39.4 Å². The molecule has 1 aromatic carbocycles. The van der Waals surface area contributed by atoms with Crippen molar-refractivity contribution < 1.29 is 32.4 Å². The van der Waals surface area contributed by atoms with E-state index in [0.29, 0.717) is 12.8 Å². The maximum atomic E-state index is 14.1. The molecule has 0 heterocycles. The Morgan fingerprint density at radius 1 is 0.935 bits per heavy atom. The average Bonchev–Trinajstić information content (AvgIpc) is 2.93. The first-order valence-corrected chi connectivity index (χ1v) is 17.6. The second kappa shape index (κ2) is 15.9. The monoisotopic (exact) mass is 663 g/mol. The number of amides is 5. The molecule has 1 saturated carbocycles. The van der Waals surface area contributed by atoms with Crippen LogP contribution >= 0.6 is 0 Å². The molecule has 0 spiro atoms. The summed E-state index contributed by atoms with van der Waals surface area (Å²) in [5.41, 5.74) is 3.79. The van der Waals surface area contributed by atoms with Crippen LogP contribution in [0, 0.1) is 16.7 Å². The molecule has 2 rings (SSSR count). The van der Waals surface area contributed by atoms with Crippen molar-refractivity contribution in [1.82, 2.24) is 20.9 Å². The van der Waals surface area contributed by atoms with E-state index in [1.807, 2.05) is 27.7 Å². The van der Waals surface area contributed by atoms with Gasteiger partial charge in [-0.2, -0.15) is 0 Å². The summed E-state index contributed by atoms with van der Waals surface area (Å²) in [7, 11) is -3.75. The molecule has 46 heavy (non-hydrogen) atoms. The van der Waals surface area contributed by atoms with Gasteiger partial charge in [0.25, 0.3) is 5.91 Å². The van der Waals surface area contributed by atoms with Gasteiger partial charge in [-0.3, -0.25) is 19.2 Å². The SMILES string of the molecule is CCCN(C(=O)[C@@H](NC(=O)NC(CS(=O)(=O)c1ccccc1)C(C)(C)C)C(C)(C)C)[C@@H](C)C(=O)NC(CC1CCC1)C(=O)C(N)=O. The first-order valence-electron chi connectivity index (χ1n) is 16.0. The Morgan fingerprint density at radius 2 is 1.52 bits per heavy atom. The summed E-state index contributed by atoms with van der Waals surface area (Å²) in [6.45, 7) is 14.3. The van der Waals surface area contributed by atoms with Crippen LogP contribution in [0.5, 0.6) is 0 Å².